The lowest BCUT2D eigenvalue weighted by Crippen LogP contribution is -2.49. The van der Waals surface area contributed by atoms with Gasteiger partial charge in [0.2, 0.25) is 0 Å². The molecular formula is C16H24N2O2. The molecule has 1 fully saturated rings. The number of hydrogen-bond donors (Lipinski definition) is 2. The topological polar surface area (TPSA) is 50.4 Å². The lowest BCUT2D eigenvalue weighted by molar-refractivity contribution is -0.124. The molecule has 1 aliphatic heterocycles. The van der Waals surface area contributed by atoms with Gasteiger partial charge in [0.25, 0.3) is 5.91 Å². The molecule has 1 aliphatic rings. The highest BCUT2D eigenvalue weighted by molar-refractivity contribution is 5.77. The maximum atomic E-state index is 11.9. The van der Waals surface area contributed by atoms with Crippen LogP contribution in [0, 0.1) is 19.8 Å². The number of ether oxygens (including phenoxy) is 1. The number of carbonyl (C=O) groups is 1. The molecule has 2 atom stereocenters. The monoisotopic (exact) mass is 276 g/mol. The zero-order valence-corrected chi connectivity index (χ0v) is 12.5. The van der Waals surface area contributed by atoms with Gasteiger partial charge in [-0.3, -0.25) is 4.79 Å². The van der Waals surface area contributed by atoms with Gasteiger partial charge in [-0.25, -0.2) is 0 Å². The number of rotatable bonds is 4. The zero-order chi connectivity index (χ0) is 14.5. The summed E-state index contributed by atoms with van der Waals surface area (Å²) in [5.41, 5.74) is 2.40. The van der Waals surface area contributed by atoms with E-state index >= 15 is 0 Å². The second kappa shape index (κ2) is 6.75. The average Bonchev–Trinajstić information content (AvgIpc) is 2.43. The summed E-state index contributed by atoms with van der Waals surface area (Å²) >= 11 is 0. The van der Waals surface area contributed by atoms with Crippen molar-refractivity contribution in [1.82, 2.24) is 10.6 Å². The molecule has 4 nitrogen and oxygen atoms in total. The number of hydrogen-bond acceptors (Lipinski definition) is 3. The van der Waals surface area contributed by atoms with Crippen molar-refractivity contribution in [2.75, 3.05) is 19.7 Å². The normalized spacial score (nSPS) is 22.4. The van der Waals surface area contributed by atoms with E-state index < -0.39 is 0 Å². The number of nitrogens with one attached hydrogen (secondary N) is 2. The molecule has 4 heteroatoms. The van der Waals surface area contributed by atoms with Crippen LogP contribution in [-0.4, -0.2) is 31.6 Å². The van der Waals surface area contributed by atoms with Crippen LogP contribution in [0.2, 0.25) is 0 Å². The Bertz CT molecular complexity index is 474. The van der Waals surface area contributed by atoms with Gasteiger partial charge in [0.15, 0.2) is 6.61 Å². The largest absolute Gasteiger partial charge is 0.484 e. The summed E-state index contributed by atoms with van der Waals surface area (Å²) < 4.78 is 5.55. The molecule has 1 aromatic rings. The highest BCUT2D eigenvalue weighted by Crippen LogP contribution is 2.16. The van der Waals surface area contributed by atoms with E-state index in [9.17, 15) is 4.79 Å². The highest BCUT2D eigenvalue weighted by Gasteiger charge is 2.22. The standard InChI is InChI=1S/C16H24N2O2/c1-11-4-5-14(8-12(11)2)20-10-16(19)18-15-6-7-17-9-13(15)3/h4-5,8,13,15,17H,6-7,9-10H2,1-3H3,(H,18,19). The van der Waals surface area contributed by atoms with Crippen LogP contribution in [-0.2, 0) is 4.79 Å². The fourth-order valence-electron chi connectivity index (χ4n) is 2.43. The van der Waals surface area contributed by atoms with E-state index in [4.69, 9.17) is 4.74 Å². The molecule has 0 bridgehead atoms. The Morgan fingerprint density at radius 3 is 2.90 bits per heavy atom. The van der Waals surface area contributed by atoms with E-state index in [0.717, 1.165) is 25.3 Å². The van der Waals surface area contributed by atoms with Crippen LogP contribution in [0.3, 0.4) is 0 Å². The fourth-order valence-corrected chi connectivity index (χ4v) is 2.43. The van der Waals surface area contributed by atoms with Crippen molar-refractivity contribution in [1.29, 1.82) is 0 Å². The van der Waals surface area contributed by atoms with Crippen molar-refractivity contribution in [2.45, 2.75) is 33.2 Å². The van der Waals surface area contributed by atoms with E-state index in [1.165, 1.54) is 11.1 Å². The molecule has 1 heterocycles. The summed E-state index contributed by atoms with van der Waals surface area (Å²) in [6.07, 6.45) is 0.983. The molecule has 1 amide bonds. The predicted molar refractivity (Wildman–Crippen MR) is 80.0 cm³/mol. The van der Waals surface area contributed by atoms with Gasteiger partial charge < -0.3 is 15.4 Å². The van der Waals surface area contributed by atoms with Crippen molar-refractivity contribution in [2.24, 2.45) is 5.92 Å². The number of aryl methyl sites for hydroxylation is 2. The summed E-state index contributed by atoms with van der Waals surface area (Å²) in [7, 11) is 0. The summed E-state index contributed by atoms with van der Waals surface area (Å²) in [5.74, 6) is 1.18. The number of carbonyl (C=O) groups excluding carboxylic acids is 1. The number of piperidine rings is 1. The van der Waals surface area contributed by atoms with E-state index in [1.54, 1.807) is 0 Å². The second-order valence-corrected chi connectivity index (χ2v) is 5.68. The van der Waals surface area contributed by atoms with Crippen LogP contribution >= 0.6 is 0 Å². The van der Waals surface area contributed by atoms with Gasteiger partial charge in [0, 0.05) is 6.04 Å². The van der Waals surface area contributed by atoms with Crippen molar-refractivity contribution in [3.63, 3.8) is 0 Å². The Balaban J connectivity index is 1.81. The Labute approximate surface area is 120 Å². The van der Waals surface area contributed by atoms with E-state index in [1.807, 2.05) is 25.1 Å². The molecule has 0 aromatic heterocycles. The van der Waals surface area contributed by atoms with Gasteiger partial charge in [-0.15, -0.1) is 0 Å². The number of benzene rings is 1. The molecule has 0 aliphatic carbocycles. The van der Waals surface area contributed by atoms with Gasteiger partial charge in [0.05, 0.1) is 0 Å². The molecule has 0 radical (unpaired) electrons. The summed E-state index contributed by atoms with van der Waals surface area (Å²) in [6, 6.07) is 6.14. The van der Waals surface area contributed by atoms with Crippen LogP contribution in [0.1, 0.15) is 24.5 Å². The van der Waals surface area contributed by atoms with Crippen LogP contribution < -0.4 is 15.4 Å². The Morgan fingerprint density at radius 2 is 2.20 bits per heavy atom. The third-order valence-electron chi connectivity index (χ3n) is 3.98. The first kappa shape index (κ1) is 14.9. The average molecular weight is 276 g/mol. The van der Waals surface area contributed by atoms with Gasteiger partial charge in [-0.1, -0.05) is 13.0 Å². The molecule has 0 saturated carbocycles. The van der Waals surface area contributed by atoms with Crippen LogP contribution in [0.4, 0.5) is 0 Å². The smallest absolute Gasteiger partial charge is 0.258 e. The fraction of sp³-hybridized carbons (Fsp3) is 0.562. The maximum Gasteiger partial charge on any atom is 0.258 e. The van der Waals surface area contributed by atoms with Crippen LogP contribution in [0.15, 0.2) is 18.2 Å². The molecule has 2 rings (SSSR count). The van der Waals surface area contributed by atoms with Gasteiger partial charge in [0.1, 0.15) is 5.75 Å². The van der Waals surface area contributed by atoms with Crippen molar-refractivity contribution in [3.05, 3.63) is 29.3 Å². The molecule has 0 spiro atoms. The summed E-state index contributed by atoms with van der Waals surface area (Å²) in [4.78, 5) is 11.9. The Kier molecular flexibility index (Phi) is 5.01. The van der Waals surface area contributed by atoms with Gasteiger partial charge in [-0.05, 0) is 62.5 Å². The molecule has 110 valence electrons. The van der Waals surface area contributed by atoms with E-state index in [0.29, 0.717) is 5.92 Å². The van der Waals surface area contributed by atoms with Crippen molar-refractivity contribution in [3.8, 4) is 5.75 Å². The SMILES string of the molecule is Cc1ccc(OCC(=O)NC2CCNCC2C)cc1C. The first-order valence-electron chi connectivity index (χ1n) is 7.26. The predicted octanol–water partition coefficient (Wildman–Crippen LogP) is 1.80. The number of amides is 1. The molecule has 2 N–H and O–H groups in total. The summed E-state index contributed by atoms with van der Waals surface area (Å²) in [5, 5.41) is 6.39. The molecule has 20 heavy (non-hydrogen) atoms. The quantitative estimate of drug-likeness (QED) is 0.881. The lowest BCUT2D eigenvalue weighted by Gasteiger charge is -2.30. The first-order chi connectivity index (χ1) is 9.56. The Morgan fingerprint density at radius 1 is 1.40 bits per heavy atom. The Hall–Kier alpha value is -1.55. The van der Waals surface area contributed by atoms with Crippen LogP contribution in [0.25, 0.3) is 0 Å². The highest BCUT2D eigenvalue weighted by atomic mass is 16.5. The van der Waals surface area contributed by atoms with Crippen LogP contribution in [0.5, 0.6) is 5.75 Å². The molecular weight excluding hydrogens is 252 g/mol. The third kappa shape index (κ3) is 3.97. The van der Waals surface area contributed by atoms with Crippen molar-refractivity contribution < 1.29 is 9.53 Å². The zero-order valence-electron chi connectivity index (χ0n) is 12.5. The minimum atomic E-state index is -0.0398. The maximum absolute atomic E-state index is 11.9. The molecule has 1 aromatic carbocycles. The van der Waals surface area contributed by atoms with Crippen molar-refractivity contribution >= 4 is 5.91 Å². The van der Waals surface area contributed by atoms with Gasteiger partial charge in [-0.2, -0.15) is 0 Å². The first-order valence-corrected chi connectivity index (χ1v) is 7.26. The van der Waals surface area contributed by atoms with Gasteiger partial charge >= 0.3 is 0 Å². The third-order valence-corrected chi connectivity index (χ3v) is 3.98. The lowest BCUT2D eigenvalue weighted by atomic mass is 9.95. The van der Waals surface area contributed by atoms with E-state index in [2.05, 4.69) is 24.5 Å². The summed E-state index contributed by atoms with van der Waals surface area (Å²) in [6.45, 7) is 8.26. The minimum Gasteiger partial charge on any atom is -0.484 e. The van der Waals surface area contributed by atoms with E-state index in [-0.39, 0.29) is 18.6 Å². The molecule has 2 unspecified atom stereocenters. The second-order valence-electron chi connectivity index (χ2n) is 5.68. The minimum absolute atomic E-state index is 0.0398. The molecule has 1 saturated heterocycles.